The Bertz CT molecular complexity index is 654. The molecule has 0 aromatic heterocycles. The molecule has 1 aromatic rings. The van der Waals surface area contributed by atoms with Crippen LogP contribution in [0.5, 0.6) is 0 Å². The number of aliphatic carboxylic acids is 1. The molecule has 23 heavy (non-hydrogen) atoms. The highest BCUT2D eigenvalue weighted by Gasteiger charge is 2.38. The minimum Gasteiger partial charge on any atom is -0.478 e. The molecule has 7 nitrogen and oxygen atoms in total. The summed E-state index contributed by atoms with van der Waals surface area (Å²) in [5.74, 6) is -2.86. The highest BCUT2D eigenvalue weighted by atomic mass is 16.4. The highest BCUT2D eigenvalue weighted by molar-refractivity contribution is 6.06. The van der Waals surface area contributed by atoms with Gasteiger partial charge in [-0.1, -0.05) is 30.3 Å². The maximum Gasteiger partial charge on any atom is 0.328 e. The molecular formula is C16H16N2O5. The van der Waals surface area contributed by atoms with E-state index in [-0.39, 0.29) is 31.3 Å². The van der Waals surface area contributed by atoms with Crippen LogP contribution >= 0.6 is 0 Å². The van der Waals surface area contributed by atoms with Crippen molar-refractivity contribution in [1.29, 1.82) is 0 Å². The van der Waals surface area contributed by atoms with E-state index in [2.05, 4.69) is 5.32 Å². The third kappa shape index (κ3) is 4.26. The molecule has 0 aliphatic carbocycles. The van der Waals surface area contributed by atoms with Crippen molar-refractivity contribution in [3.8, 4) is 0 Å². The van der Waals surface area contributed by atoms with Crippen LogP contribution in [0.2, 0.25) is 0 Å². The Morgan fingerprint density at radius 3 is 2.57 bits per heavy atom. The number of rotatable bonds is 6. The molecule has 1 saturated heterocycles. The summed E-state index contributed by atoms with van der Waals surface area (Å²) in [6, 6.07) is 9.06. The van der Waals surface area contributed by atoms with Crippen molar-refractivity contribution < 1.29 is 24.3 Å². The molecule has 1 heterocycles. The lowest BCUT2D eigenvalue weighted by atomic mass is 9.98. The summed E-state index contributed by atoms with van der Waals surface area (Å²) in [4.78, 5) is 47.0. The fourth-order valence-electron chi connectivity index (χ4n) is 2.36. The fourth-order valence-corrected chi connectivity index (χ4v) is 2.36. The van der Waals surface area contributed by atoms with Crippen LogP contribution in [0.15, 0.2) is 42.5 Å². The van der Waals surface area contributed by atoms with Gasteiger partial charge in [0.1, 0.15) is 0 Å². The fraction of sp³-hybridized carbons (Fsp3) is 0.250. The number of carbonyl (C=O) groups is 4. The second-order valence-corrected chi connectivity index (χ2v) is 5.01. The Morgan fingerprint density at radius 2 is 1.91 bits per heavy atom. The summed E-state index contributed by atoms with van der Waals surface area (Å²) in [7, 11) is 0. The van der Waals surface area contributed by atoms with E-state index >= 15 is 0 Å². The number of benzene rings is 1. The van der Waals surface area contributed by atoms with Gasteiger partial charge in [-0.25, -0.2) is 4.79 Å². The number of nitrogens with one attached hydrogen (secondary N) is 1. The van der Waals surface area contributed by atoms with E-state index in [4.69, 9.17) is 5.11 Å². The van der Waals surface area contributed by atoms with Gasteiger partial charge < -0.3 is 10.4 Å². The highest BCUT2D eigenvalue weighted by Crippen LogP contribution is 2.28. The van der Waals surface area contributed by atoms with E-state index < -0.39 is 17.8 Å². The van der Waals surface area contributed by atoms with Gasteiger partial charge >= 0.3 is 5.97 Å². The van der Waals surface area contributed by atoms with Crippen LogP contribution in [0.4, 0.5) is 0 Å². The second-order valence-electron chi connectivity index (χ2n) is 5.01. The molecule has 2 N–H and O–H groups in total. The zero-order valence-corrected chi connectivity index (χ0v) is 12.3. The number of carboxylic acids is 1. The van der Waals surface area contributed by atoms with Crippen molar-refractivity contribution in [2.24, 2.45) is 0 Å². The minimum atomic E-state index is -1.23. The van der Waals surface area contributed by atoms with Crippen molar-refractivity contribution >= 4 is 23.7 Å². The maximum absolute atomic E-state index is 12.3. The van der Waals surface area contributed by atoms with Crippen molar-refractivity contribution in [3.63, 3.8) is 0 Å². The van der Waals surface area contributed by atoms with Crippen LogP contribution in [0.25, 0.3) is 0 Å². The molecule has 7 heteroatoms. The summed E-state index contributed by atoms with van der Waals surface area (Å²) in [6.45, 7) is 0.134. The first kappa shape index (κ1) is 16.4. The number of carboxylic acid groups (broad SMARTS) is 1. The molecule has 0 saturated carbocycles. The predicted molar refractivity (Wildman–Crippen MR) is 80.3 cm³/mol. The average Bonchev–Trinajstić information content (AvgIpc) is 2.82. The zero-order valence-electron chi connectivity index (χ0n) is 12.3. The molecule has 0 radical (unpaired) electrons. The topological polar surface area (TPSA) is 104 Å². The van der Waals surface area contributed by atoms with Gasteiger partial charge in [-0.05, 0) is 5.56 Å². The molecule has 1 aliphatic heterocycles. The lowest BCUT2D eigenvalue weighted by Gasteiger charge is -2.15. The van der Waals surface area contributed by atoms with Gasteiger partial charge in [-0.3, -0.25) is 19.3 Å². The molecule has 2 rings (SSSR count). The van der Waals surface area contributed by atoms with Crippen LogP contribution in [-0.4, -0.2) is 46.8 Å². The minimum absolute atomic E-state index is 0.0631. The molecule has 1 fully saturated rings. The number of nitrogens with zero attached hydrogens (tertiary/aromatic N) is 1. The van der Waals surface area contributed by atoms with Gasteiger partial charge in [0.25, 0.3) is 0 Å². The van der Waals surface area contributed by atoms with Gasteiger partial charge in [0.05, 0.1) is 5.92 Å². The normalized spacial score (nSPS) is 17.7. The Balaban J connectivity index is 1.89. The Hall–Kier alpha value is -2.96. The van der Waals surface area contributed by atoms with Crippen molar-refractivity contribution in [2.75, 3.05) is 13.1 Å². The number of imide groups is 1. The predicted octanol–water partition coefficient (Wildman–Crippen LogP) is 0.286. The first-order chi connectivity index (χ1) is 11.0. The van der Waals surface area contributed by atoms with Crippen molar-refractivity contribution in [3.05, 3.63) is 48.0 Å². The Labute approximate surface area is 132 Å². The molecular weight excluding hydrogens is 300 g/mol. The summed E-state index contributed by atoms with van der Waals surface area (Å²) in [5.41, 5.74) is 0.793. The van der Waals surface area contributed by atoms with E-state index in [1.807, 2.05) is 18.2 Å². The standard InChI is InChI=1S/C16H16N2O5/c19-13(6-7-15(21)22)17-8-9-18-14(20)10-12(16(18)23)11-4-2-1-3-5-11/h1-7,12H,8-10H2,(H,17,19)(H,21,22)/b7-6-. The van der Waals surface area contributed by atoms with Gasteiger partial charge in [0, 0.05) is 31.7 Å². The van der Waals surface area contributed by atoms with E-state index in [0.29, 0.717) is 6.08 Å². The summed E-state index contributed by atoms with van der Waals surface area (Å²) < 4.78 is 0. The number of likely N-dealkylation sites (tertiary alicyclic amines) is 1. The molecule has 1 aromatic carbocycles. The molecule has 1 atom stereocenters. The van der Waals surface area contributed by atoms with Crippen LogP contribution < -0.4 is 5.32 Å². The molecule has 3 amide bonds. The average molecular weight is 316 g/mol. The second kappa shape index (κ2) is 7.35. The first-order valence-corrected chi connectivity index (χ1v) is 7.07. The smallest absolute Gasteiger partial charge is 0.328 e. The molecule has 0 bridgehead atoms. The number of hydrogen-bond donors (Lipinski definition) is 2. The summed E-state index contributed by atoms with van der Waals surface area (Å²) >= 11 is 0. The van der Waals surface area contributed by atoms with E-state index in [9.17, 15) is 19.2 Å². The van der Waals surface area contributed by atoms with E-state index in [0.717, 1.165) is 16.5 Å². The van der Waals surface area contributed by atoms with Crippen LogP contribution in [0.1, 0.15) is 17.9 Å². The number of carbonyl (C=O) groups excluding carboxylic acids is 3. The van der Waals surface area contributed by atoms with Gasteiger partial charge in [-0.15, -0.1) is 0 Å². The van der Waals surface area contributed by atoms with E-state index in [1.54, 1.807) is 12.1 Å². The van der Waals surface area contributed by atoms with Crippen molar-refractivity contribution in [2.45, 2.75) is 12.3 Å². The number of hydrogen-bond acceptors (Lipinski definition) is 4. The van der Waals surface area contributed by atoms with Gasteiger partial charge in [-0.2, -0.15) is 0 Å². The van der Waals surface area contributed by atoms with E-state index in [1.165, 1.54) is 0 Å². The lowest BCUT2D eigenvalue weighted by Crippen LogP contribution is -2.38. The van der Waals surface area contributed by atoms with Crippen LogP contribution in [0, 0.1) is 0 Å². The zero-order chi connectivity index (χ0) is 16.8. The van der Waals surface area contributed by atoms with Crippen LogP contribution in [-0.2, 0) is 19.2 Å². The summed E-state index contributed by atoms with van der Waals surface area (Å²) in [6.07, 6.45) is 1.71. The molecule has 120 valence electrons. The summed E-state index contributed by atoms with van der Waals surface area (Å²) in [5, 5.41) is 10.8. The quantitative estimate of drug-likeness (QED) is 0.580. The maximum atomic E-state index is 12.3. The third-order valence-corrected chi connectivity index (χ3v) is 3.46. The van der Waals surface area contributed by atoms with Crippen LogP contribution in [0.3, 0.4) is 0 Å². The van der Waals surface area contributed by atoms with Gasteiger partial charge in [0.2, 0.25) is 17.7 Å². The monoisotopic (exact) mass is 316 g/mol. The molecule has 0 spiro atoms. The lowest BCUT2D eigenvalue weighted by molar-refractivity contribution is -0.139. The van der Waals surface area contributed by atoms with Crippen molar-refractivity contribution in [1.82, 2.24) is 10.2 Å². The Morgan fingerprint density at radius 1 is 1.22 bits per heavy atom. The molecule has 1 aliphatic rings. The third-order valence-electron chi connectivity index (χ3n) is 3.46. The Kier molecular flexibility index (Phi) is 5.24. The first-order valence-electron chi connectivity index (χ1n) is 7.07. The molecule has 1 unspecified atom stereocenters. The number of amides is 3. The largest absolute Gasteiger partial charge is 0.478 e. The van der Waals surface area contributed by atoms with Gasteiger partial charge in [0.15, 0.2) is 0 Å². The SMILES string of the molecule is O=C(O)/C=C\C(=O)NCCN1C(=O)CC(c2ccccc2)C1=O.